The van der Waals surface area contributed by atoms with Crippen molar-refractivity contribution in [1.29, 1.82) is 0 Å². The molecule has 0 N–H and O–H groups in total. The zero-order chi connectivity index (χ0) is 12.5. The van der Waals surface area contributed by atoms with Gasteiger partial charge in [-0.05, 0) is 31.9 Å². The Morgan fingerprint density at radius 1 is 1.28 bits per heavy atom. The van der Waals surface area contributed by atoms with E-state index in [1.165, 1.54) is 24.9 Å². The Morgan fingerprint density at radius 2 is 2.06 bits per heavy atom. The fourth-order valence-corrected chi connectivity index (χ4v) is 4.13. The van der Waals surface area contributed by atoms with Gasteiger partial charge < -0.3 is 9.64 Å². The molecule has 1 unspecified atom stereocenters. The number of rotatable bonds is 4. The van der Waals surface area contributed by atoms with Crippen LogP contribution in [-0.4, -0.2) is 36.5 Å². The molecule has 1 aromatic carbocycles. The Bertz CT molecular complexity index is 417. The van der Waals surface area contributed by atoms with E-state index in [9.17, 15) is 0 Å². The number of hydrogen-bond acceptors (Lipinski definition) is 2. The first kappa shape index (κ1) is 12.5. The molecule has 0 aromatic heterocycles. The molecule has 98 valence electrons. The van der Waals surface area contributed by atoms with Crippen molar-refractivity contribution in [2.24, 2.45) is 5.92 Å². The van der Waals surface area contributed by atoms with Crippen molar-refractivity contribution in [3.8, 4) is 5.75 Å². The number of halogens is 1. The van der Waals surface area contributed by atoms with Crippen LogP contribution in [0.2, 0.25) is 0 Å². The van der Waals surface area contributed by atoms with Crippen LogP contribution < -0.4 is 4.74 Å². The van der Waals surface area contributed by atoms with Gasteiger partial charge in [-0.2, -0.15) is 0 Å². The highest BCUT2D eigenvalue weighted by Gasteiger charge is 2.29. The SMILES string of the molecule is CN(CC1CC(Br)C1)CC1COc2ccccc21. The Kier molecular flexibility index (Phi) is 3.62. The molecule has 2 nitrogen and oxygen atoms in total. The van der Waals surface area contributed by atoms with E-state index in [-0.39, 0.29) is 0 Å². The topological polar surface area (TPSA) is 12.5 Å². The minimum Gasteiger partial charge on any atom is -0.493 e. The monoisotopic (exact) mass is 309 g/mol. The Hall–Kier alpha value is -0.540. The Labute approximate surface area is 117 Å². The van der Waals surface area contributed by atoms with E-state index in [4.69, 9.17) is 4.74 Å². The van der Waals surface area contributed by atoms with Gasteiger partial charge in [0.2, 0.25) is 0 Å². The third kappa shape index (κ3) is 2.57. The number of ether oxygens (including phenoxy) is 1. The lowest BCUT2D eigenvalue weighted by Gasteiger charge is -2.35. The van der Waals surface area contributed by atoms with Crippen LogP contribution in [0.5, 0.6) is 5.75 Å². The molecule has 0 saturated heterocycles. The summed E-state index contributed by atoms with van der Waals surface area (Å²) in [5.41, 5.74) is 1.39. The standard InChI is InChI=1S/C15H20BrNO/c1-17(8-11-6-13(16)7-11)9-12-10-18-15-5-3-2-4-14(12)15/h2-5,11-13H,6-10H2,1H3. The van der Waals surface area contributed by atoms with Gasteiger partial charge in [0, 0.05) is 29.4 Å². The molecule has 0 bridgehead atoms. The number of fused-ring (bicyclic) bond motifs is 1. The second-order valence-corrected chi connectivity index (χ2v) is 7.00. The quantitative estimate of drug-likeness (QED) is 0.792. The molecule has 3 rings (SSSR count). The fourth-order valence-electron chi connectivity index (χ4n) is 3.08. The van der Waals surface area contributed by atoms with Gasteiger partial charge in [-0.3, -0.25) is 0 Å². The van der Waals surface area contributed by atoms with E-state index in [1.807, 2.05) is 0 Å². The van der Waals surface area contributed by atoms with Crippen LogP contribution in [0.25, 0.3) is 0 Å². The molecule has 1 aromatic rings. The number of hydrogen-bond donors (Lipinski definition) is 0. The van der Waals surface area contributed by atoms with Crippen LogP contribution in [-0.2, 0) is 0 Å². The average Bonchev–Trinajstić information content (AvgIpc) is 2.71. The molecule has 18 heavy (non-hydrogen) atoms. The molecule has 0 spiro atoms. The highest BCUT2D eigenvalue weighted by Crippen LogP contribution is 2.36. The summed E-state index contributed by atoms with van der Waals surface area (Å²) < 4.78 is 5.74. The van der Waals surface area contributed by atoms with Crippen LogP contribution in [0.4, 0.5) is 0 Å². The lowest BCUT2D eigenvalue weighted by atomic mass is 9.85. The molecule has 1 aliphatic carbocycles. The molecular weight excluding hydrogens is 290 g/mol. The summed E-state index contributed by atoms with van der Waals surface area (Å²) in [6.45, 7) is 3.18. The maximum absolute atomic E-state index is 5.74. The van der Waals surface area contributed by atoms with Crippen molar-refractivity contribution in [3.05, 3.63) is 29.8 Å². The van der Waals surface area contributed by atoms with E-state index in [0.29, 0.717) is 5.92 Å². The normalized spacial score (nSPS) is 29.8. The average molecular weight is 310 g/mol. The maximum Gasteiger partial charge on any atom is 0.122 e. The Morgan fingerprint density at radius 3 is 2.83 bits per heavy atom. The summed E-state index contributed by atoms with van der Waals surface area (Å²) in [6, 6.07) is 8.45. The molecule has 0 amide bonds. The molecule has 0 radical (unpaired) electrons. The van der Waals surface area contributed by atoms with E-state index < -0.39 is 0 Å². The van der Waals surface area contributed by atoms with Gasteiger partial charge in [0.05, 0.1) is 6.61 Å². The number of alkyl halides is 1. The van der Waals surface area contributed by atoms with Gasteiger partial charge in [-0.1, -0.05) is 34.1 Å². The van der Waals surface area contributed by atoms with Crippen molar-refractivity contribution in [1.82, 2.24) is 4.90 Å². The number of nitrogens with zero attached hydrogens (tertiary/aromatic N) is 1. The van der Waals surface area contributed by atoms with Crippen LogP contribution in [0, 0.1) is 5.92 Å². The van der Waals surface area contributed by atoms with Gasteiger partial charge in [0.25, 0.3) is 0 Å². The van der Waals surface area contributed by atoms with Crippen molar-refractivity contribution >= 4 is 15.9 Å². The molecule has 1 aliphatic heterocycles. The number of benzene rings is 1. The first-order valence-corrected chi connectivity index (χ1v) is 7.68. The lowest BCUT2D eigenvalue weighted by Crippen LogP contribution is -2.36. The summed E-state index contributed by atoms with van der Waals surface area (Å²) in [6.07, 6.45) is 2.67. The smallest absolute Gasteiger partial charge is 0.122 e. The number of likely N-dealkylation sites (N-methyl/N-ethyl adjacent to an activating group) is 1. The summed E-state index contributed by atoms with van der Waals surface area (Å²) in [5.74, 6) is 2.52. The minimum absolute atomic E-state index is 0.547. The van der Waals surface area contributed by atoms with Crippen molar-refractivity contribution in [3.63, 3.8) is 0 Å². The van der Waals surface area contributed by atoms with Gasteiger partial charge in [0.1, 0.15) is 5.75 Å². The molecule has 1 saturated carbocycles. The van der Waals surface area contributed by atoms with Gasteiger partial charge in [0.15, 0.2) is 0 Å². The van der Waals surface area contributed by atoms with E-state index in [2.05, 4.69) is 52.1 Å². The third-order valence-corrected chi connectivity index (χ3v) is 4.83. The van der Waals surface area contributed by atoms with Crippen molar-refractivity contribution in [2.75, 3.05) is 26.7 Å². The predicted molar refractivity (Wildman–Crippen MR) is 77.6 cm³/mol. The summed E-state index contributed by atoms with van der Waals surface area (Å²) >= 11 is 3.66. The first-order chi connectivity index (χ1) is 8.72. The largest absolute Gasteiger partial charge is 0.493 e. The van der Waals surface area contributed by atoms with E-state index in [0.717, 1.165) is 29.6 Å². The first-order valence-electron chi connectivity index (χ1n) is 6.76. The molecule has 1 heterocycles. The lowest BCUT2D eigenvalue weighted by molar-refractivity contribution is 0.196. The second-order valence-electron chi connectivity index (χ2n) is 5.70. The molecule has 2 aliphatic rings. The minimum atomic E-state index is 0.547. The molecule has 3 heteroatoms. The van der Waals surface area contributed by atoms with Crippen LogP contribution in [0.1, 0.15) is 24.3 Å². The van der Waals surface area contributed by atoms with Crippen molar-refractivity contribution < 1.29 is 4.74 Å². The van der Waals surface area contributed by atoms with Gasteiger partial charge in [-0.15, -0.1) is 0 Å². The zero-order valence-electron chi connectivity index (χ0n) is 10.8. The van der Waals surface area contributed by atoms with Gasteiger partial charge >= 0.3 is 0 Å². The van der Waals surface area contributed by atoms with Gasteiger partial charge in [-0.25, -0.2) is 0 Å². The summed E-state index contributed by atoms with van der Waals surface area (Å²) in [7, 11) is 2.24. The molecule has 1 atom stereocenters. The maximum atomic E-state index is 5.74. The third-order valence-electron chi connectivity index (χ3n) is 4.08. The Balaban J connectivity index is 1.54. The zero-order valence-corrected chi connectivity index (χ0v) is 12.4. The van der Waals surface area contributed by atoms with Crippen LogP contribution >= 0.6 is 15.9 Å². The predicted octanol–water partition coefficient (Wildman–Crippen LogP) is 3.27. The van der Waals surface area contributed by atoms with E-state index >= 15 is 0 Å². The highest BCUT2D eigenvalue weighted by atomic mass is 79.9. The van der Waals surface area contributed by atoms with E-state index in [1.54, 1.807) is 0 Å². The number of para-hydroxylation sites is 1. The van der Waals surface area contributed by atoms with Crippen molar-refractivity contribution in [2.45, 2.75) is 23.6 Å². The fraction of sp³-hybridized carbons (Fsp3) is 0.600. The summed E-state index contributed by atoms with van der Waals surface area (Å²) in [5, 5.41) is 0. The molecule has 1 fully saturated rings. The summed E-state index contributed by atoms with van der Waals surface area (Å²) in [4.78, 5) is 3.24. The second kappa shape index (κ2) is 5.22. The highest BCUT2D eigenvalue weighted by molar-refractivity contribution is 9.09. The van der Waals surface area contributed by atoms with Crippen LogP contribution in [0.3, 0.4) is 0 Å². The molecular formula is C15H20BrNO. The van der Waals surface area contributed by atoms with Crippen LogP contribution in [0.15, 0.2) is 24.3 Å².